The van der Waals surface area contributed by atoms with Gasteiger partial charge >= 0.3 is 6.18 Å². The summed E-state index contributed by atoms with van der Waals surface area (Å²) in [5.74, 6) is -3.37. The van der Waals surface area contributed by atoms with Gasteiger partial charge in [-0.3, -0.25) is 4.79 Å². The highest BCUT2D eigenvalue weighted by atomic mass is 19.4. The van der Waals surface area contributed by atoms with Crippen LogP contribution in [0.3, 0.4) is 0 Å². The number of Topliss-reactive ketones (excluding diaryl/α,β-unsaturated/α-hetero) is 1. The lowest BCUT2D eigenvalue weighted by atomic mass is 10.0. The first-order chi connectivity index (χ1) is 6.88. The fourth-order valence-corrected chi connectivity index (χ4v) is 0.980. The van der Waals surface area contributed by atoms with Crippen molar-refractivity contribution in [3.05, 3.63) is 35.1 Å². The van der Waals surface area contributed by atoms with Gasteiger partial charge in [-0.25, -0.2) is 4.39 Å². The third-order valence-corrected chi connectivity index (χ3v) is 1.63. The molecule has 78 valence electrons. The van der Waals surface area contributed by atoms with E-state index >= 15 is 0 Å². The summed E-state index contributed by atoms with van der Waals surface area (Å²) >= 11 is 0. The maximum absolute atomic E-state index is 12.9. The molecule has 0 amide bonds. The summed E-state index contributed by atoms with van der Waals surface area (Å²) in [6.07, 6.45) is -5.11. The molecule has 0 heterocycles. The second-order valence-corrected chi connectivity index (χ2v) is 2.60. The molecule has 0 N–H and O–H groups in total. The molecule has 15 heavy (non-hydrogen) atoms. The normalized spacial score (nSPS) is 10.9. The highest BCUT2D eigenvalue weighted by Crippen LogP contribution is 2.24. The third kappa shape index (κ3) is 2.13. The molecule has 0 saturated carbocycles. The number of hydrogen-bond acceptors (Lipinski definition) is 2. The first-order valence-corrected chi connectivity index (χ1v) is 3.68. The van der Waals surface area contributed by atoms with E-state index in [9.17, 15) is 22.4 Å². The van der Waals surface area contributed by atoms with E-state index in [-0.39, 0.29) is 0 Å². The van der Waals surface area contributed by atoms with Crippen LogP contribution in [0, 0.1) is 17.1 Å². The van der Waals surface area contributed by atoms with Gasteiger partial charge in [-0.15, -0.1) is 0 Å². The van der Waals surface area contributed by atoms with E-state index in [1.807, 2.05) is 0 Å². The number of rotatable bonds is 1. The molecule has 0 radical (unpaired) electrons. The summed E-state index contributed by atoms with van der Waals surface area (Å²) in [7, 11) is 0. The Morgan fingerprint density at radius 3 is 2.40 bits per heavy atom. The molecule has 2 nitrogen and oxygen atoms in total. The van der Waals surface area contributed by atoms with Gasteiger partial charge < -0.3 is 0 Å². The quantitative estimate of drug-likeness (QED) is 0.535. The average Bonchev–Trinajstić information content (AvgIpc) is 2.14. The molecule has 1 aromatic carbocycles. The van der Waals surface area contributed by atoms with Crippen molar-refractivity contribution < 1.29 is 22.4 Å². The zero-order valence-corrected chi connectivity index (χ0v) is 7.10. The second kappa shape index (κ2) is 3.69. The van der Waals surface area contributed by atoms with Gasteiger partial charge in [0.1, 0.15) is 11.9 Å². The molecule has 0 aliphatic carbocycles. The fourth-order valence-electron chi connectivity index (χ4n) is 0.980. The predicted molar refractivity (Wildman–Crippen MR) is 41.5 cm³/mol. The monoisotopic (exact) mass is 217 g/mol. The first kappa shape index (κ1) is 11.2. The van der Waals surface area contributed by atoms with Crippen LogP contribution >= 0.6 is 0 Å². The molecule has 0 atom stereocenters. The Hall–Kier alpha value is -1.90. The Bertz CT molecular complexity index is 444. The predicted octanol–water partition coefficient (Wildman–Crippen LogP) is 2.44. The van der Waals surface area contributed by atoms with E-state index in [2.05, 4.69) is 0 Å². The Balaban J connectivity index is 3.34. The van der Waals surface area contributed by atoms with Crippen LogP contribution < -0.4 is 0 Å². The summed E-state index contributed by atoms with van der Waals surface area (Å²) in [6, 6.07) is 3.73. The molecule has 1 rings (SSSR count). The number of halogens is 4. The van der Waals surface area contributed by atoms with Crippen molar-refractivity contribution in [3.8, 4) is 6.07 Å². The van der Waals surface area contributed by atoms with Gasteiger partial charge in [0, 0.05) is 5.56 Å². The Morgan fingerprint density at radius 2 is 1.93 bits per heavy atom. The van der Waals surface area contributed by atoms with E-state index in [1.165, 1.54) is 6.07 Å². The number of carbonyl (C=O) groups is 1. The third-order valence-electron chi connectivity index (χ3n) is 1.63. The number of carbonyl (C=O) groups excluding carboxylic acids is 1. The van der Waals surface area contributed by atoms with Crippen LogP contribution in [0.1, 0.15) is 15.9 Å². The number of benzene rings is 1. The second-order valence-electron chi connectivity index (χ2n) is 2.60. The maximum atomic E-state index is 12.9. The van der Waals surface area contributed by atoms with Crippen molar-refractivity contribution >= 4 is 5.78 Å². The molecule has 1 aromatic rings. The molecule has 0 saturated heterocycles. The molecule has 0 aromatic heterocycles. The van der Waals surface area contributed by atoms with Crippen LogP contribution in [-0.2, 0) is 0 Å². The van der Waals surface area contributed by atoms with Crippen LogP contribution in [0.5, 0.6) is 0 Å². The lowest BCUT2D eigenvalue weighted by Crippen LogP contribution is -2.24. The minimum Gasteiger partial charge on any atom is -0.284 e. The van der Waals surface area contributed by atoms with Crippen molar-refractivity contribution in [2.75, 3.05) is 0 Å². The van der Waals surface area contributed by atoms with Gasteiger partial charge in [0.25, 0.3) is 5.78 Å². The van der Waals surface area contributed by atoms with Crippen LogP contribution in [0.25, 0.3) is 0 Å². The molecule has 0 unspecified atom stereocenters. The molecule has 0 spiro atoms. The highest BCUT2D eigenvalue weighted by Gasteiger charge is 2.40. The SMILES string of the molecule is N#Cc1c(F)cccc1C(=O)C(F)(F)F. The van der Waals surface area contributed by atoms with E-state index in [4.69, 9.17) is 5.26 Å². The molecule has 6 heteroatoms. The van der Waals surface area contributed by atoms with E-state index in [0.29, 0.717) is 0 Å². The van der Waals surface area contributed by atoms with Gasteiger partial charge in [-0.2, -0.15) is 18.4 Å². The maximum Gasteiger partial charge on any atom is 0.454 e. The van der Waals surface area contributed by atoms with Crippen LogP contribution in [-0.4, -0.2) is 12.0 Å². The van der Waals surface area contributed by atoms with E-state index < -0.39 is 28.9 Å². The summed E-state index contributed by atoms with van der Waals surface area (Å²) in [4.78, 5) is 10.8. The molecule has 0 aliphatic heterocycles. The van der Waals surface area contributed by atoms with Gasteiger partial charge in [0.05, 0.1) is 5.56 Å². The Morgan fingerprint density at radius 1 is 1.33 bits per heavy atom. The first-order valence-electron chi connectivity index (χ1n) is 3.68. The molecular weight excluding hydrogens is 214 g/mol. The smallest absolute Gasteiger partial charge is 0.284 e. The summed E-state index contributed by atoms with van der Waals surface area (Å²) < 4.78 is 48.9. The summed E-state index contributed by atoms with van der Waals surface area (Å²) in [6.45, 7) is 0. The Labute approximate surface area is 81.7 Å². The zero-order valence-electron chi connectivity index (χ0n) is 7.10. The van der Waals surface area contributed by atoms with Crippen LogP contribution in [0.2, 0.25) is 0 Å². The minimum absolute atomic E-state index is 0.761. The summed E-state index contributed by atoms with van der Waals surface area (Å²) in [5, 5.41) is 8.40. The van der Waals surface area contributed by atoms with Gasteiger partial charge in [0.15, 0.2) is 0 Å². The fraction of sp³-hybridized carbons (Fsp3) is 0.111. The van der Waals surface area contributed by atoms with Gasteiger partial charge in [-0.05, 0) is 12.1 Å². The van der Waals surface area contributed by atoms with E-state index in [1.54, 1.807) is 0 Å². The van der Waals surface area contributed by atoms with Crippen LogP contribution in [0.4, 0.5) is 17.6 Å². The van der Waals surface area contributed by atoms with Crippen molar-refractivity contribution in [1.29, 1.82) is 5.26 Å². The van der Waals surface area contributed by atoms with Gasteiger partial charge in [-0.1, -0.05) is 6.07 Å². The zero-order chi connectivity index (χ0) is 11.6. The van der Waals surface area contributed by atoms with Crippen molar-refractivity contribution in [2.45, 2.75) is 6.18 Å². The van der Waals surface area contributed by atoms with Crippen LogP contribution in [0.15, 0.2) is 18.2 Å². The van der Waals surface area contributed by atoms with Gasteiger partial charge in [0.2, 0.25) is 0 Å². The highest BCUT2D eigenvalue weighted by molar-refractivity contribution is 6.02. The molecular formula is C9H3F4NO. The number of ketones is 1. The topological polar surface area (TPSA) is 40.9 Å². The summed E-state index contributed by atoms with van der Waals surface area (Å²) in [5.41, 5.74) is -1.86. The Kier molecular flexibility index (Phi) is 2.75. The minimum atomic E-state index is -5.11. The number of nitrogens with zero attached hydrogens (tertiary/aromatic N) is 1. The molecule has 0 aliphatic rings. The lowest BCUT2D eigenvalue weighted by molar-refractivity contribution is -0.0885. The number of hydrogen-bond donors (Lipinski definition) is 0. The lowest BCUT2D eigenvalue weighted by Gasteiger charge is -2.06. The van der Waals surface area contributed by atoms with Crippen molar-refractivity contribution in [3.63, 3.8) is 0 Å². The number of nitriles is 1. The van der Waals surface area contributed by atoms with E-state index in [0.717, 1.165) is 18.2 Å². The molecule has 0 bridgehead atoms. The van der Waals surface area contributed by atoms with Crippen molar-refractivity contribution in [2.24, 2.45) is 0 Å². The average molecular weight is 217 g/mol. The standard InChI is InChI=1S/C9H3F4NO/c10-7-3-1-2-5(6(7)4-14)8(15)9(11,12)13/h1-3H. The largest absolute Gasteiger partial charge is 0.454 e. The number of alkyl halides is 3. The molecule has 0 fully saturated rings. The van der Waals surface area contributed by atoms with Crippen molar-refractivity contribution in [1.82, 2.24) is 0 Å².